The molecule has 0 saturated carbocycles. The van der Waals surface area contributed by atoms with Crippen molar-refractivity contribution in [1.29, 1.82) is 0 Å². The van der Waals surface area contributed by atoms with E-state index in [1.807, 2.05) is 34.6 Å². The smallest absolute Gasteiger partial charge is 0.370 e. The summed E-state index contributed by atoms with van der Waals surface area (Å²) in [6.07, 6.45) is -1.29. The molecule has 0 aromatic rings. The summed E-state index contributed by atoms with van der Waals surface area (Å²) < 4.78 is 12.2. The quantitative estimate of drug-likeness (QED) is 0.442. The van der Waals surface area contributed by atoms with Gasteiger partial charge in [0.25, 0.3) is 0 Å². The van der Waals surface area contributed by atoms with E-state index in [-0.39, 0.29) is 12.0 Å². The third-order valence-electron chi connectivity index (χ3n) is 2.89. The van der Waals surface area contributed by atoms with Crippen molar-refractivity contribution in [1.82, 2.24) is 0 Å². The topological polar surface area (TPSA) is 84.9 Å². The molecule has 4 N–H and O–H groups in total. The van der Waals surface area contributed by atoms with Crippen LogP contribution in [0.4, 0.5) is 0 Å². The van der Waals surface area contributed by atoms with Crippen LogP contribution in [-0.4, -0.2) is 43.8 Å². The average molecular weight is 291 g/mol. The molecule has 0 saturated heterocycles. The highest BCUT2D eigenvalue weighted by molar-refractivity contribution is 6.76. The Hall–Kier alpha value is -0.243. The Morgan fingerprint density at radius 2 is 1.89 bits per heavy atom. The molecule has 0 amide bonds. The molecule has 1 unspecified atom stereocenters. The summed E-state index contributed by atoms with van der Waals surface area (Å²) in [6.45, 7) is 14.4. The van der Waals surface area contributed by atoms with E-state index < -0.39 is 20.5 Å². The fourth-order valence-corrected chi connectivity index (χ4v) is 5.48. The van der Waals surface area contributed by atoms with Gasteiger partial charge in [-0.3, -0.25) is 0 Å². The fourth-order valence-electron chi connectivity index (χ4n) is 2.12. The van der Waals surface area contributed by atoms with E-state index in [0.29, 0.717) is 13.2 Å². The molecule has 0 aliphatic rings. The predicted octanol–water partition coefficient (Wildman–Crippen LogP) is 1.43. The molecule has 0 aliphatic carbocycles. The van der Waals surface area contributed by atoms with Crippen LogP contribution in [0.15, 0.2) is 11.8 Å². The Labute approximate surface area is 117 Å². The average Bonchev–Trinajstić information content (AvgIpc) is 2.21. The lowest BCUT2D eigenvalue weighted by atomic mass is 10.1. The van der Waals surface area contributed by atoms with Crippen molar-refractivity contribution in [2.24, 2.45) is 5.73 Å². The van der Waals surface area contributed by atoms with Crippen molar-refractivity contribution < 1.29 is 19.1 Å². The summed E-state index contributed by atoms with van der Waals surface area (Å²) in [4.78, 5) is 0. The van der Waals surface area contributed by atoms with E-state index in [1.54, 1.807) is 0 Å². The standard InChI is InChI=1S/C13H29NO4Si/c1-10(2)19(11(3)4,17-8-7-14)18-13(5,6)9-12(15)16/h11-12,15-16H,1,7-9,14H2,2-6H3. The molecule has 19 heavy (non-hydrogen) atoms. The monoisotopic (exact) mass is 291 g/mol. The highest BCUT2D eigenvalue weighted by Crippen LogP contribution is 2.35. The number of rotatable bonds is 9. The van der Waals surface area contributed by atoms with Crippen molar-refractivity contribution in [2.45, 2.75) is 58.5 Å². The zero-order valence-electron chi connectivity index (χ0n) is 12.8. The zero-order valence-corrected chi connectivity index (χ0v) is 13.8. The van der Waals surface area contributed by atoms with E-state index in [0.717, 1.165) is 5.20 Å². The van der Waals surface area contributed by atoms with E-state index in [1.165, 1.54) is 0 Å². The van der Waals surface area contributed by atoms with E-state index in [9.17, 15) is 0 Å². The minimum absolute atomic E-state index is 0.119. The minimum Gasteiger partial charge on any atom is -0.390 e. The normalized spacial score (nSPS) is 15.9. The van der Waals surface area contributed by atoms with Gasteiger partial charge >= 0.3 is 8.56 Å². The van der Waals surface area contributed by atoms with Gasteiger partial charge < -0.3 is 24.8 Å². The second kappa shape index (κ2) is 7.52. The van der Waals surface area contributed by atoms with E-state index >= 15 is 0 Å². The van der Waals surface area contributed by atoms with Crippen LogP contribution in [0, 0.1) is 0 Å². The molecule has 0 aliphatic heterocycles. The second-order valence-electron chi connectivity index (χ2n) is 5.79. The maximum Gasteiger partial charge on any atom is 0.370 e. The van der Waals surface area contributed by atoms with Gasteiger partial charge in [0.2, 0.25) is 0 Å². The molecule has 0 rings (SSSR count). The largest absolute Gasteiger partial charge is 0.390 e. The van der Waals surface area contributed by atoms with Crippen LogP contribution >= 0.6 is 0 Å². The van der Waals surface area contributed by atoms with Gasteiger partial charge in [-0.15, -0.1) is 0 Å². The molecule has 0 bridgehead atoms. The molecule has 6 heteroatoms. The van der Waals surface area contributed by atoms with Crippen molar-refractivity contribution in [3.8, 4) is 0 Å². The summed E-state index contributed by atoms with van der Waals surface area (Å²) in [6, 6.07) is 0. The molecule has 5 nitrogen and oxygen atoms in total. The van der Waals surface area contributed by atoms with Crippen LogP contribution in [0.3, 0.4) is 0 Å². The van der Waals surface area contributed by atoms with Crippen LogP contribution in [0.2, 0.25) is 5.54 Å². The van der Waals surface area contributed by atoms with Crippen LogP contribution < -0.4 is 5.73 Å². The summed E-state index contributed by atoms with van der Waals surface area (Å²) in [5, 5.41) is 19.2. The summed E-state index contributed by atoms with van der Waals surface area (Å²) >= 11 is 0. The minimum atomic E-state index is -2.67. The highest BCUT2D eigenvalue weighted by atomic mass is 28.4. The molecule has 0 aromatic heterocycles. The number of allylic oxidation sites excluding steroid dienone is 1. The highest BCUT2D eigenvalue weighted by Gasteiger charge is 2.47. The lowest BCUT2D eigenvalue weighted by molar-refractivity contribution is -0.0918. The number of aliphatic hydroxyl groups is 2. The van der Waals surface area contributed by atoms with Gasteiger partial charge in [-0.1, -0.05) is 20.4 Å². The van der Waals surface area contributed by atoms with Gasteiger partial charge in [-0.05, 0) is 26.0 Å². The number of aliphatic hydroxyl groups excluding tert-OH is 1. The van der Waals surface area contributed by atoms with Crippen molar-refractivity contribution in [3.05, 3.63) is 11.8 Å². The third-order valence-corrected chi connectivity index (χ3v) is 7.09. The van der Waals surface area contributed by atoms with Gasteiger partial charge in [-0.25, -0.2) is 0 Å². The molecule has 0 fully saturated rings. The Balaban J connectivity index is 5.17. The molecule has 0 radical (unpaired) electrons. The first-order valence-corrected chi connectivity index (χ1v) is 8.53. The van der Waals surface area contributed by atoms with E-state index in [2.05, 4.69) is 6.58 Å². The van der Waals surface area contributed by atoms with Gasteiger partial charge in [0.15, 0.2) is 6.29 Å². The Kier molecular flexibility index (Phi) is 7.42. The third kappa shape index (κ3) is 5.72. The summed E-state index contributed by atoms with van der Waals surface area (Å²) in [5.74, 6) is 0. The Morgan fingerprint density at radius 1 is 1.37 bits per heavy atom. The zero-order chi connectivity index (χ0) is 15.3. The van der Waals surface area contributed by atoms with Crippen molar-refractivity contribution in [3.63, 3.8) is 0 Å². The molecule has 1 atom stereocenters. The van der Waals surface area contributed by atoms with E-state index in [4.69, 9.17) is 24.8 Å². The second-order valence-corrected chi connectivity index (χ2v) is 9.62. The fraction of sp³-hybridized carbons (Fsp3) is 0.846. The summed E-state index contributed by atoms with van der Waals surface area (Å²) in [5.41, 5.74) is 4.98. The van der Waals surface area contributed by atoms with Gasteiger partial charge in [0.05, 0.1) is 5.60 Å². The molecular formula is C13H29NO4Si. The van der Waals surface area contributed by atoms with Gasteiger partial charge in [-0.2, -0.15) is 0 Å². The predicted molar refractivity (Wildman–Crippen MR) is 78.7 cm³/mol. The number of nitrogens with two attached hydrogens (primary N) is 1. The Morgan fingerprint density at radius 3 is 2.21 bits per heavy atom. The van der Waals surface area contributed by atoms with Crippen LogP contribution in [0.5, 0.6) is 0 Å². The molecule has 0 spiro atoms. The maximum atomic E-state index is 9.15. The first-order chi connectivity index (χ1) is 8.57. The number of hydrogen-bond acceptors (Lipinski definition) is 5. The van der Waals surface area contributed by atoms with Gasteiger partial charge in [0.1, 0.15) is 0 Å². The van der Waals surface area contributed by atoms with Gasteiger partial charge in [0, 0.05) is 25.1 Å². The van der Waals surface area contributed by atoms with Crippen molar-refractivity contribution in [2.75, 3.05) is 13.2 Å². The van der Waals surface area contributed by atoms with Crippen molar-refractivity contribution >= 4 is 8.56 Å². The maximum absolute atomic E-state index is 9.15. The Bertz CT molecular complexity index is 294. The van der Waals surface area contributed by atoms with Crippen LogP contribution in [-0.2, 0) is 8.85 Å². The van der Waals surface area contributed by atoms with Crippen LogP contribution in [0.1, 0.15) is 41.0 Å². The van der Waals surface area contributed by atoms with Crippen LogP contribution in [0.25, 0.3) is 0 Å². The first-order valence-electron chi connectivity index (χ1n) is 6.63. The summed E-state index contributed by atoms with van der Waals surface area (Å²) in [7, 11) is -2.67. The molecule has 114 valence electrons. The lowest BCUT2D eigenvalue weighted by Gasteiger charge is -2.41. The first kappa shape index (κ1) is 18.8. The SMILES string of the molecule is C=C(C)[Si](OCCN)(OC(C)(C)CC(O)O)C(C)C. The lowest BCUT2D eigenvalue weighted by Crippen LogP contribution is -2.53. The number of hydrogen-bond donors (Lipinski definition) is 3. The molecule has 0 aromatic carbocycles. The molecule has 0 heterocycles. The molecular weight excluding hydrogens is 262 g/mol.